The molecule has 3 saturated carbocycles. The van der Waals surface area contributed by atoms with Crippen molar-refractivity contribution >= 4 is 0 Å². The van der Waals surface area contributed by atoms with E-state index in [-0.39, 0.29) is 16.4 Å². The Kier molecular flexibility index (Phi) is 2.94. The number of ether oxygens (including phenoxy) is 1. The average Bonchev–Trinajstić information content (AvgIpc) is 3.08. The third-order valence-corrected chi connectivity index (χ3v) is 8.26. The first-order valence-electron chi connectivity index (χ1n) is 9.19. The summed E-state index contributed by atoms with van der Waals surface area (Å²) in [6.45, 7) is 7.93. The SMILES string of the molecule is CC12CCC(C1)C(C)(C)C2(O)C1CCOC2(CCCC2)C1. The van der Waals surface area contributed by atoms with Gasteiger partial charge in [-0.1, -0.05) is 33.6 Å². The highest BCUT2D eigenvalue weighted by Gasteiger charge is 2.71. The lowest BCUT2D eigenvalue weighted by Crippen LogP contribution is -2.61. The van der Waals surface area contributed by atoms with E-state index < -0.39 is 5.60 Å². The molecule has 0 radical (unpaired) electrons. The van der Waals surface area contributed by atoms with Crippen molar-refractivity contribution in [1.82, 2.24) is 0 Å². The molecule has 1 saturated heterocycles. The molecule has 1 heterocycles. The van der Waals surface area contributed by atoms with E-state index in [2.05, 4.69) is 20.8 Å². The fourth-order valence-corrected chi connectivity index (χ4v) is 7.06. The number of hydrogen-bond donors (Lipinski definition) is 1. The van der Waals surface area contributed by atoms with Crippen molar-refractivity contribution in [1.29, 1.82) is 0 Å². The third-order valence-electron chi connectivity index (χ3n) is 8.26. The fourth-order valence-electron chi connectivity index (χ4n) is 7.06. The molecular weight excluding hydrogens is 260 g/mol. The molecule has 4 rings (SSSR count). The first-order valence-corrected chi connectivity index (χ1v) is 9.19. The Labute approximate surface area is 129 Å². The lowest BCUT2D eigenvalue weighted by molar-refractivity contribution is -0.218. The molecule has 0 aromatic heterocycles. The second-order valence-corrected chi connectivity index (χ2v) is 9.42. The predicted octanol–water partition coefficient (Wildman–Crippen LogP) is 4.30. The summed E-state index contributed by atoms with van der Waals surface area (Å²) in [7, 11) is 0. The first-order chi connectivity index (χ1) is 9.83. The van der Waals surface area contributed by atoms with E-state index in [9.17, 15) is 5.11 Å². The van der Waals surface area contributed by atoms with Gasteiger partial charge in [-0.25, -0.2) is 0 Å². The summed E-state index contributed by atoms with van der Waals surface area (Å²) < 4.78 is 6.23. The average molecular weight is 292 g/mol. The van der Waals surface area contributed by atoms with E-state index in [4.69, 9.17) is 4.74 Å². The number of rotatable bonds is 1. The van der Waals surface area contributed by atoms with Gasteiger partial charge in [-0.2, -0.15) is 0 Å². The third kappa shape index (κ3) is 1.67. The van der Waals surface area contributed by atoms with Gasteiger partial charge >= 0.3 is 0 Å². The lowest BCUT2D eigenvalue weighted by Gasteiger charge is -2.57. The smallest absolute Gasteiger partial charge is 0.0784 e. The summed E-state index contributed by atoms with van der Waals surface area (Å²) in [5.41, 5.74) is -0.153. The molecule has 4 aliphatic rings. The van der Waals surface area contributed by atoms with Crippen LogP contribution in [-0.4, -0.2) is 22.9 Å². The monoisotopic (exact) mass is 292 g/mol. The van der Waals surface area contributed by atoms with Gasteiger partial charge in [-0.3, -0.25) is 0 Å². The minimum atomic E-state index is -0.484. The topological polar surface area (TPSA) is 29.5 Å². The molecule has 2 heteroatoms. The van der Waals surface area contributed by atoms with Crippen molar-refractivity contribution in [2.75, 3.05) is 6.61 Å². The molecule has 21 heavy (non-hydrogen) atoms. The van der Waals surface area contributed by atoms with Crippen LogP contribution in [0.4, 0.5) is 0 Å². The van der Waals surface area contributed by atoms with Crippen LogP contribution >= 0.6 is 0 Å². The van der Waals surface area contributed by atoms with Crippen LogP contribution < -0.4 is 0 Å². The van der Waals surface area contributed by atoms with Crippen molar-refractivity contribution in [3.8, 4) is 0 Å². The van der Waals surface area contributed by atoms with Crippen LogP contribution in [0, 0.1) is 22.7 Å². The normalized spacial score (nSPS) is 50.9. The second-order valence-electron chi connectivity index (χ2n) is 9.42. The van der Waals surface area contributed by atoms with Crippen LogP contribution in [0.1, 0.15) is 78.6 Å². The minimum absolute atomic E-state index is 0.0712. The maximum atomic E-state index is 12.0. The van der Waals surface area contributed by atoms with Crippen molar-refractivity contribution in [3.05, 3.63) is 0 Å². The minimum Gasteiger partial charge on any atom is -0.388 e. The summed E-state index contributed by atoms with van der Waals surface area (Å²) in [6, 6.07) is 0. The van der Waals surface area contributed by atoms with Gasteiger partial charge in [0, 0.05) is 6.61 Å². The van der Waals surface area contributed by atoms with Crippen molar-refractivity contribution < 1.29 is 9.84 Å². The zero-order valence-corrected chi connectivity index (χ0v) is 14.1. The van der Waals surface area contributed by atoms with E-state index in [1.165, 1.54) is 44.9 Å². The van der Waals surface area contributed by atoms with Crippen LogP contribution in [0.25, 0.3) is 0 Å². The standard InChI is InChI=1S/C19H32O2/c1-16(2)14-6-10-17(3,12-14)19(16,20)15-7-11-21-18(13-15)8-4-5-9-18/h14-15,20H,4-13H2,1-3H3. The van der Waals surface area contributed by atoms with Gasteiger partial charge in [0.1, 0.15) is 0 Å². The summed E-state index contributed by atoms with van der Waals surface area (Å²) >= 11 is 0. The lowest BCUT2D eigenvalue weighted by atomic mass is 9.53. The fraction of sp³-hybridized carbons (Fsp3) is 1.00. The first kappa shape index (κ1) is 14.5. The van der Waals surface area contributed by atoms with Crippen LogP contribution in [-0.2, 0) is 4.74 Å². The van der Waals surface area contributed by atoms with Crippen molar-refractivity contribution in [3.63, 3.8) is 0 Å². The molecule has 0 aromatic rings. The van der Waals surface area contributed by atoms with Gasteiger partial charge in [-0.15, -0.1) is 0 Å². The van der Waals surface area contributed by atoms with Gasteiger partial charge in [0.25, 0.3) is 0 Å². The van der Waals surface area contributed by atoms with Crippen LogP contribution in [0.3, 0.4) is 0 Å². The molecule has 2 bridgehead atoms. The zero-order valence-electron chi connectivity index (χ0n) is 14.1. The van der Waals surface area contributed by atoms with E-state index in [0.717, 1.165) is 25.4 Å². The second kappa shape index (κ2) is 4.26. The largest absolute Gasteiger partial charge is 0.388 e. The Bertz CT molecular complexity index is 430. The molecule has 4 atom stereocenters. The molecule has 1 N–H and O–H groups in total. The summed E-state index contributed by atoms with van der Waals surface area (Å²) in [4.78, 5) is 0. The summed E-state index contributed by atoms with van der Waals surface area (Å²) in [5.74, 6) is 1.16. The highest BCUT2D eigenvalue weighted by molar-refractivity contribution is 5.21. The molecule has 0 amide bonds. The van der Waals surface area contributed by atoms with Gasteiger partial charge < -0.3 is 9.84 Å². The number of hydrogen-bond acceptors (Lipinski definition) is 2. The zero-order chi connectivity index (χ0) is 14.9. The molecule has 120 valence electrons. The number of aliphatic hydroxyl groups is 1. The summed E-state index contributed by atoms with van der Waals surface area (Å²) in [6.07, 6.45) is 11.0. The molecule has 4 unspecified atom stereocenters. The molecule has 3 aliphatic carbocycles. The van der Waals surface area contributed by atoms with Crippen LogP contribution in [0.15, 0.2) is 0 Å². The van der Waals surface area contributed by atoms with Gasteiger partial charge in [-0.05, 0) is 67.6 Å². The van der Waals surface area contributed by atoms with E-state index in [0.29, 0.717) is 5.92 Å². The molecule has 4 fully saturated rings. The van der Waals surface area contributed by atoms with Crippen molar-refractivity contribution in [2.24, 2.45) is 22.7 Å². The van der Waals surface area contributed by atoms with E-state index in [1.54, 1.807) is 0 Å². The maximum Gasteiger partial charge on any atom is 0.0784 e. The van der Waals surface area contributed by atoms with E-state index in [1.807, 2.05) is 0 Å². The molecular formula is C19H32O2. The van der Waals surface area contributed by atoms with Gasteiger partial charge in [0.15, 0.2) is 0 Å². The highest BCUT2D eigenvalue weighted by Crippen LogP contribution is 2.71. The molecule has 2 nitrogen and oxygen atoms in total. The Balaban J connectivity index is 1.68. The molecule has 1 aliphatic heterocycles. The van der Waals surface area contributed by atoms with Crippen LogP contribution in [0.2, 0.25) is 0 Å². The Morgan fingerprint density at radius 2 is 1.62 bits per heavy atom. The van der Waals surface area contributed by atoms with E-state index >= 15 is 0 Å². The Morgan fingerprint density at radius 1 is 0.905 bits per heavy atom. The number of fused-ring (bicyclic) bond motifs is 2. The molecule has 1 spiro atoms. The van der Waals surface area contributed by atoms with Gasteiger partial charge in [0.05, 0.1) is 11.2 Å². The van der Waals surface area contributed by atoms with Gasteiger partial charge in [0.2, 0.25) is 0 Å². The van der Waals surface area contributed by atoms with Crippen molar-refractivity contribution in [2.45, 2.75) is 89.8 Å². The predicted molar refractivity (Wildman–Crippen MR) is 84.1 cm³/mol. The summed E-state index contributed by atoms with van der Waals surface area (Å²) in [5, 5.41) is 12.0. The highest BCUT2D eigenvalue weighted by atomic mass is 16.5. The Morgan fingerprint density at radius 3 is 2.24 bits per heavy atom. The maximum absolute atomic E-state index is 12.0. The Hall–Kier alpha value is -0.0800. The quantitative estimate of drug-likeness (QED) is 0.780. The molecule has 0 aromatic carbocycles. The van der Waals surface area contributed by atoms with Crippen LogP contribution in [0.5, 0.6) is 0 Å².